The van der Waals surface area contributed by atoms with Crippen LogP contribution < -0.4 is 0 Å². The summed E-state index contributed by atoms with van der Waals surface area (Å²) in [5.41, 5.74) is 10.9. The quantitative estimate of drug-likeness (QED) is 0.187. The van der Waals surface area contributed by atoms with Gasteiger partial charge in [0, 0.05) is 48.4 Å². The van der Waals surface area contributed by atoms with Gasteiger partial charge in [-0.1, -0.05) is 133 Å². The number of nitrogens with zero attached hydrogens (tertiary/aromatic N) is 4. The smallest absolute Gasteiger partial charge is 0.235 e. The van der Waals surface area contributed by atoms with Crippen LogP contribution in [0.15, 0.2) is 170 Å². The Morgan fingerprint density at radius 2 is 1.00 bits per heavy atom. The van der Waals surface area contributed by atoms with E-state index in [1.165, 1.54) is 37.3 Å². The second-order valence-corrected chi connectivity index (χ2v) is 14.0. The third kappa shape index (κ3) is 4.19. The van der Waals surface area contributed by atoms with E-state index in [-0.39, 0.29) is 0 Å². The lowest BCUT2D eigenvalue weighted by Gasteiger charge is -2.13. The highest BCUT2D eigenvalue weighted by Gasteiger charge is 2.22. The van der Waals surface area contributed by atoms with Crippen molar-refractivity contribution < 1.29 is 0 Å². The molecule has 4 nitrogen and oxygen atoms in total. The van der Waals surface area contributed by atoms with E-state index in [1.807, 2.05) is 0 Å². The summed E-state index contributed by atoms with van der Waals surface area (Å²) >= 11 is 1.76. The van der Waals surface area contributed by atoms with Crippen molar-refractivity contribution in [3.63, 3.8) is 0 Å². The fraction of sp³-hybridized carbons (Fsp3) is 0. The minimum absolute atomic E-state index is 0.665. The van der Waals surface area contributed by atoms with Crippen LogP contribution in [-0.4, -0.2) is 19.1 Å². The number of para-hydroxylation sites is 4. The number of benzene rings is 7. The molecule has 0 aliphatic rings. The monoisotopic (exact) mass is 668 g/mol. The summed E-state index contributed by atoms with van der Waals surface area (Å²) in [6.07, 6.45) is 0. The van der Waals surface area contributed by atoms with Crippen molar-refractivity contribution in [1.82, 2.24) is 19.1 Å². The fourth-order valence-corrected chi connectivity index (χ4v) is 9.10. The minimum atomic E-state index is 0.665. The molecule has 0 bridgehead atoms. The largest absolute Gasteiger partial charge is 0.309 e. The van der Waals surface area contributed by atoms with Gasteiger partial charge in [-0.15, -0.1) is 11.3 Å². The predicted molar refractivity (Wildman–Crippen MR) is 214 cm³/mol. The van der Waals surface area contributed by atoms with E-state index in [1.54, 1.807) is 11.3 Å². The summed E-state index contributed by atoms with van der Waals surface area (Å²) in [5, 5.41) is 6.00. The Kier molecular flexibility index (Phi) is 6.09. The number of hydrogen-bond acceptors (Lipinski definition) is 3. The van der Waals surface area contributed by atoms with Crippen LogP contribution in [0.25, 0.3) is 97.9 Å². The van der Waals surface area contributed by atoms with E-state index < -0.39 is 0 Å². The Hall–Kier alpha value is -6.56. The SMILES string of the molecule is c1ccc(-c2cccc3c4ccccc4n(-c4nc(-c5cccc(-n6c7ccccc7c7ccccc76)c5)c5sc6ccccc6c5n4)c23)cc1. The van der Waals surface area contributed by atoms with Crippen LogP contribution in [0.4, 0.5) is 0 Å². The zero-order chi connectivity index (χ0) is 33.5. The minimum Gasteiger partial charge on any atom is -0.309 e. The summed E-state index contributed by atoms with van der Waals surface area (Å²) in [6, 6.07) is 60.6. The summed E-state index contributed by atoms with van der Waals surface area (Å²) in [4.78, 5) is 11.0. The first-order chi connectivity index (χ1) is 25.3. The maximum atomic E-state index is 5.54. The van der Waals surface area contributed by atoms with E-state index in [2.05, 4.69) is 179 Å². The molecule has 11 rings (SSSR count). The van der Waals surface area contributed by atoms with E-state index in [0.717, 1.165) is 54.7 Å². The van der Waals surface area contributed by atoms with E-state index >= 15 is 0 Å². The van der Waals surface area contributed by atoms with Gasteiger partial charge in [-0.05, 0) is 42.0 Å². The fourth-order valence-electron chi connectivity index (χ4n) is 7.94. The normalized spacial score (nSPS) is 11.9. The lowest BCUT2D eigenvalue weighted by Crippen LogP contribution is -2.04. The van der Waals surface area contributed by atoms with Crippen LogP contribution in [0.5, 0.6) is 0 Å². The van der Waals surface area contributed by atoms with Gasteiger partial charge >= 0.3 is 0 Å². The van der Waals surface area contributed by atoms with Crippen LogP contribution in [0.3, 0.4) is 0 Å². The van der Waals surface area contributed by atoms with Crippen molar-refractivity contribution in [2.24, 2.45) is 0 Å². The van der Waals surface area contributed by atoms with E-state index in [0.29, 0.717) is 5.95 Å². The third-order valence-electron chi connectivity index (χ3n) is 10.1. The molecule has 0 fully saturated rings. The standard InChI is InChI=1S/C46H28N4S/c1-2-14-29(15-3-1)32-22-13-23-36-35-20-6-10-26-40(35)50(44(32)36)46-47-42(45-43(48-46)37-21-7-11-27-41(37)51-45)30-16-12-17-31(28-30)49-38-24-8-4-18-33(38)34-19-5-9-25-39(34)49/h1-28H. The van der Waals surface area contributed by atoms with Crippen LogP contribution >= 0.6 is 11.3 Å². The Bertz CT molecular complexity index is 3090. The molecule has 0 unspecified atom stereocenters. The number of hydrogen-bond donors (Lipinski definition) is 0. The van der Waals surface area contributed by atoms with Gasteiger partial charge in [0.1, 0.15) is 0 Å². The molecule has 0 N–H and O–H groups in total. The first kappa shape index (κ1) is 28.3. The number of rotatable bonds is 4. The molecule has 0 atom stereocenters. The number of thiophene rings is 1. The summed E-state index contributed by atoms with van der Waals surface area (Å²) in [6.45, 7) is 0. The van der Waals surface area contributed by atoms with Crippen molar-refractivity contribution in [2.75, 3.05) is 0 Å². The zero-order valence-electron chi connectivity index (χ0n) is 27.4. The zero-order valence-corrected chi connectivity index (χ0v) is 28.2. The predicted octanol–water partition coefficient (Wildman–Crippen LogP) is 12.4. The van der Waals surface area contributed by atoms with Crippen LogP contribution in [0.1, 0.15) is 0 Å². The van der Waals surface area contributed by atoms with Crippen LogP contribution in [-0.2, 0) is 0 Å². The van der Waals surface area contributed by atoms with Crippen LogP contribution in [0.2, 0.25) is 0 Å². The molecule has 238 valence electrons. The molecule has 0 spiro atoms. The van der Waals surface area contributed by atoms with Gasteiger partial charge in [-0.25, -0.2) is 9.97 Å². The number of fused-ring (bicyclic) bond motifs is 9. The Labute approximate surface area is 297 Å². The Morgan fingerprint density at radius 3 is 1.75 bits per heavy atom. The van der Waals surface area contributed by atoms with Crippen molar-refractivity contribution in [3.8, 4) is 34.0 Å². The average Bonchev–Trinajstić information content (AvgIpc) is 3.86. The van der Waals surface area contributed by atoms with Gasteiger partial charge in [0.25, 0.3) is 0 Å². The maximum Gasteiger partial charge on any atom is 0.235 e. The first-order valence-corrected chi connectivity index (χ1v) is 18.0. The maximum absolute atomic E-state index is 5.54. The second-order valence-electron chi connectivity index (χ2n) is 13.0. The molecule has 0 aliphatic carbocycles. The topological polar surface area (TPSA) is 35.6 Å². The first-order valence-electron chi connectivity index (χ1n) is 17.2. The van der Waals surface area contributed by atoms with Crippen molar-refractivity contribution in [3.05, 3.63) is 170 Å². The van der Waals surface area contributed by atoms with E-state index in [4.69, 9.17) is 9.97 Å². The van der Waals surface area contributed by atoms with Crippen molar-refractivity contribution in [1.29, 1.82) is 0 Å². The molecule has 5 heteroatoms. The van der Waals surface area contributed by atoms with Gasteiger partial charge in [0.2, 0.25) is 5.95 Å². The van der Waals surface area contributed by atoms with Crippen LogP contribution in [0, 0.1) is 0 Å². The molecule has 51 heavy (non-hydrogen) atoms. The molecular formula is C46H28N4S. The average molecular weight is 669 g/mol. The molecule has 0 aliphatic heterocycles. The molecule has 0 saturated carbocycles. The Morgan fingerprint density at radius 1 is 0.431 bits per heavy atom. The number of aromatic nitrogens is 4. The summed E-state index contributed by atoms with van der Waals surface area (Å²) in [5.74, 6) is 0.665. The highest BCUT2D eigenvalue weighted by molar-refractivity contribution is 7.26. The molecular weight excluding hydrogens is 641 g/mol. The third-order valence-corrected chi connectivity index (χ3v) is 11.3. The molecule has 0 amide bonds. The second kappa shape index (κ2) is 11.0. The molecule has 0 radical (unpaired) electrons. The highest BCUT2D eigenvalue weighted by atomic mass is 32.1. The van der Waals surface area contributed by atoms with Crippen molar-refractivity contribution >= 4 is 75.3 Å². The van der Waals surface area contributed by atoms with Gasteiger partial charge in [0.05, 0.1) is 38.0 Å². The summed E-state index contributed by atoms with van der Waals surface area (Å²) in [7, 11) is 0. The van der Waals surface area contributed by atoms with Gasteiger partial charge in [0.15, 0.2) is 0 Å². The van der Waals surface area contributed by atoms with Gasteiger partial charge < -0.3 is 4.57 Å². The highest BCUT2D eigenvalue weighted by Crippen LogP contribution is 2.42. The van der Waals surface area contributed by atoms with Gasteiger partial charge in [-0.3, -0.25) is 4.57 Å². The molecule has 4 aromatic heterocycles. The molecule has 11 aromatic rings. The molecule has 0 saturated heterocycles. The lowest BCUT2D eigenvalue weighted by atomic mass is 10.0. The van der Waals surface area contributed by atoms with Gasteiger partial charge in [-0.2, -0.15) is 0 Å². The molecule has 7 aromatic carbocycles. The van der Waals surface area contributed by atoms with Crippen molar-refractivity contribution in [2.45, 2.75) is 0 Å². The Balaban J connectivity index is 1.23. The molecule has 4 heterocycles. The van der Waals surface area contributed by atoms with E-state index in [9.17, 15) is 0 Å². The lowest BCUT2D eigenvalue weighted by molar-refractivity contribution is 1.02. The summed E-state index contributed by atoms with van der Waals surface area (Å²) < 4.78 is 6.94.